The maximum absolute atomic E-state index is 11.4. The summed E-state index contributed by atoms with van der Waals surface area (Å²) < 4.78 is 5.00. The molecule has 0 aliphatic carbocycles. The summed E-state index contributed by atoms with van der Waals surface area (Å²) in [4.78, 5) is 22.0. The smallest absolute Gasteiger partial charge is 0.407 e. The first-order valence-electron chi connectivity index (χ1n) is 5.80. The van der Waals surface area contributed by atoms with Gasteiger partial charge in [-0.2, -0.15) is 0 Å². The van der Waals surface area contributed by atoms with Crippen molar-refractivity contribution in [1.29, 1.82) is 0 Å². The van der Waals surface area contributed by atoms with E-state index in [9.17, 15) is 9.59 Å². The Kier molecular flexibility index (Phi) is 5.70. The van der Waals surface area contributed by atoms with Gasteiger partial charge in [0.05, 0.1) is 6.42 Å². The zero-order valence-corrected chi connectivity index (χ0v) is 10.3. The normalized spacial score (nSPS) is 11.6. The Morgan fingerprint density at radius 3 is 2.56 bits per heavy atom. The molecule has 0 saturated carbocycles. The van der Waals surface area contributed by atoms with Gasteiger partial charge in [0.1, 0.15) is 6.61 Å². The molecule has 2 N–H and O–H groups in total. The molecule has 0 unspecified atom stereocenters. The van der Waals surface area contributed by atoms with Crippen LogP contribution in [-0.2, 0) is 16.1 Å². The largest absolute Gasteiger partial charge is 0.481 e. The molecule has 18 heavy (non-hydrogen) atoms. The summed E-state index contributed by atoms with van der Waals surface area (Å²) in [5.74, 6) is -0.940. The van der Waals surface area contributed by atoms with Crippen LogP contribution in [0.1, 0.15) is 25.3 Å². The molecule has 1 amide bonds. The van der Waals surface area contributed by atoms with E-state index in [0.717, 1.165) is 5.56 Å². The molecule has 1 atom stereocenters. The SMILES string of the molecule is CC[C@@H](CC(=O)O)NC(=O)OCc1ccccc1. The highest BCUT2D eigenvalue weighted by atomic mass is 16.5. The van der Waals surface area contributed by atoms with Gasteiger partial charge < -0.3 is 15.2 Å². The zero-order valence-electron chi connectivity index (χ0n) is 10.3. The van der Waals surface area contributed by atoms with E-state index in [2.05, 4.69) is 5.32 Å². The summed E-state index contributed by atoms with van der Waals surface area (Å²) in [6.45, 7) is 1.99. The monoisotopic (exact) mass is 251 g/mol. The predicted molar refractivity (Wildman–Crippen MR) is 66.1 cm³/mol. The quantitative estimate of drug-likeness (QED) is 0.812. The number of carbonyl (C=O) groups is 2. The second-order valence-corrected chi connectivity index (χ2v) is 3.91. The van der Waals surface area contributed by atoms with Gasteiger partial charge >= 0.3 is 12.1 Å². The molecule has 1 aromatic carbocycles. The van der Waals surface area contributed by atoms with Crippen LogP contribution in [0.15, 0.2) is 30.3 Å². The van der Waals surface area contributed by atoms with Gasteiger partial charge in [0.2, 0.25) is 0 Å². The van der Waals surface area contributed by atoms with Crippen LogP contribution in [0.2, 0.25) is 0 Å². The van der Waals surface area contributed by atoms with Gasteiger partial charge in [0.15, 0.2) is 0 Å². The van der Waals surface area contributed by atoms with E-state index < -0.39 is 18.1 Å². The number of alkyl carbamates (subject to hydrolysis) is 1. The Balaban J connectivity index is 2.34. The van der Waals surface area contributed by atoms with E-state index >= 15 is 0 Å². The lowest BCUT2D eigenvalue weighted by Gasteiger charge is -2.14. The van der Waals surface area contributed by atoms with Crippen molar-refractivity contribution >= 4 is 12.1 Å². The molecule has 1 aromatic rings. The molecule has 0 heterocycles. The van der Waals surface area contributed by atoms with Crippen molar-refractivity contribution in [2.75, 3.05) is 0 Å². The van der Waals surface area contributed by atoms with Gasteiger partial charge in [-0.15, -0.1) is 0 Å². The number of hydrogen-bond acceptors (Lipinski definition) is 3. The van der Waals surface area contributed by atoms with Crippen molar-refractivity contribution < 1.29 is 19.4 Å². The molecule has 5 nitrogen and oxygen atoms in total. The highest BCUT2D eigenvalue weighted by molar-refractivity contribution is 5.71. The van der Waals surface area contributed by atoms with E-state index in [1.54, 1.807) is 0 Å². The van der Waals surface area contributed by atoms with E-state index in [1.165, 1.54) is 0 Å². The summed E-state index contributed by atoms with van der Waals surface area (Å²) >= 11 is 0. The minimum absolute atomic E-state index is 0.100. The molecule has 0 aliphatic heterocycles. The molecule has 0 radical (unpaired) electrons. The molecule has 0 saturated heterocycles. The summed E-state index contributed by atoms with van der Waals surface area (Å²) in [6, 6.07) is 8.89. The van der Waals surface area contributed by atoms with Gasteiger partial charge in [-0.3, -0.25) is 4.79 Å². The molecule has 1 rings (SSSR count). The summed E-state index contributed by atoms with van der Waals surface area (Å²) in [5.41, 5.74) is 0.888. The Morgan fingerprint density at radius 1 is 1.33 bits per heavy atom. The van der Waals surface area contributed by atoms with Crippen molar-refractivity contribution in [3.05, 3.63) is 35.9 Å². The number of nitrogens with one attached hydrogen (secondary N) is 1. The van der Waals surface area contributed by atoms with Gasteiger partial charge in [0.25, 0.3) is 0 Å². The lowest BCUT2D eigenvalue weighted by molar-refractivity contribution is -0.137. The molecule has 0 bridgehead atoms. The lowest BCUT2D eigenvalue weighted by Crippen LogP contribution is -2.36. The third-order valence-corrected chi connectivity index (χ3v) is 2.45. The lowest BCUT2D eigenvalue weighted by atomic mass is 10.1. The van der Waals surface area contributed by atoms with Gasteiger partial charge in [0, 0.05) is 6.04 Å². The van der Waals surface area contributed by atoms with Gasteiger partial charge in [-0.25, -0.2) is 4.79 Å². The van der Waals surface area contributed by atoms with Crippen molar-refractivity contribution in [2.45, 2.75) is 32.4 Å². The zero-order chi connectivity index (χ0) is 13.4. The fraction of sp³-hybridized carbons (Fsp3) is 0.385. The number of hydrogen-bond donors (Lipinski definition) is 2. The molecule has 0 aromatic heterocycles. The number of carboxylic acids is 1. The van der Waals surface area contributed by atoms with Crippen molar-refractivity contribution in [1.82, 2.24) is 5.32 Å². The number of carbonyl (C=O) groups excluding carboxylic acids is 1. The first-order chi connectivity index (χ1) is 8.61. The van der Waals surface area contributed by atoms with E-state index in [1.807, 2.05) is 37.3 Å². The second kappa shape index (κ2) is 7.32. The topological polar surface area (TPSA) is 75.6 Å². The minimum atomic E-state index is -0.940. The minimum Gasteiger partial charge on any atom is -0.481 e. The van der Waals surface area contributed by atoms with Crippen LogP contribution in [0.5, 0.6) is 0 Å². The molecule has 0 aliphatic rings. The van der Waals surface area contributed by atoms with Crippen molar-refractivity contribution in [2.24, 2.45) is 0 Å². The summed E-state index contributed by atoms with van der Waals surface area (Å²) in [6.07, 6.45) is -0.143. The Labute approximate surface area is 106 Å². The standard InChI is InChI=1S/C13H17NO4/c1-2-11(8-12(15)16)14-13(17)18-9-10-6-4-3-5-7-10/h3-7,11H,2,8-9H2,1H3,(H,14,17)(H,15,16)/t11-/m0/s1. The Morgan fingerprint density at radius 2 is 2.00 bits per heavy atom. The molecular weight excluding hydrogens is 234 g/mol. The molecule has 98 valence electrons. The molecule has 0 fully saturated rings. The summed E-state index contributed by atoms with van der Waals surface area (Å²) in [5, 5.41) is 11.2. The number of amides is 1. The highest BCUT2D eigenvalue weighted by Gasteiger charge is 2.14. The van der Waals surface area contributed by atoms with E-state index in [-0.39, 0.29) is 13.0 Å². The number of benzene rings is 1. The van der Waals surface area contributed by atoms with Crippen molar-refractivity contribution in [3.63, 3.8) is 0 Å². The van der Waals surface area contributed by atoms with E-state index in [4.69, 9.17) is 9.84 Å². The predicted octanol–water partition coefficient (Wildman–Crippen LogP) is 2.17. The van der Waals surface area contributed by atoms with Crippen molar-refractivity contribution in [3.8, 4) is 0 Å². The highest BCUT2D eigenvalue weighted by Crippen LogP contribution is 2.02. The number of rotatable bonds is 6. The number of aliphatic carboxylic acids is 1. The maximum atomic E-state index is 11.4. The second-order valence-electron chi connectivity index (χ2n) is 3.91. The van der Waals surface area contributed by atoms with Crippen LogP contribution in [0.3, 0.4) is 0 Å². The average molecular weight is 251 g/mol. The average Bonchev–Trinajstić information content (AvgIpc) is 2.36. The first kappa shape index (κ1) is 14.0. The van der Waals surface area contributed by atoms with Crippen LogP contribution < -0.4 is 5.32 Å². The van der Waals surface area contributed by atoms with Crippen LogP contribution in [0.4, 0.5) is 4.79 Å². The van der Waals surface area contributed by atoms with Gasteiger partial charge in [-0.1, -0.05) is 37.3 Å². The Bertz CT molecular complexity index is 391. The van der Waals surface area contributed by atoms with Crippen LogP contribution in [0.25, 0.3) is 0 Å². The fourth-order valence-corrected chi connectivity index (χ4v) is 1.44. The Hall–Kier alpha value is -2.04. The summed E-state index contributed by atoms with van der Waals surface area (Å²) in [7, 11) is 0. The van der Waals surface area contributed by atoms with Crippen LogP contribution in [-0.4, -0.2) is 23.2 Å². The van der Waals surface area contributed by atoms with Crippen LogP contribution >= 0.6 is 0 Å². The first-order valence-corrected chi connectivity index (χ1v) is 5.80. The molecule has 0 spiro atoms. The maximum Gasteiger partial charge on any atom is 0.407 e. The molecular formula is C13H17NO4. The third kappa shape index (κ3) is 5.34. The fourth-order valence-electron chi connectivity index (χ4n) is 1.44. The van der Waals surface area contributed by atoms with Crippen LogP contribution in [0, 0.1) is 0 Å². The van der Waals surface area contributed by atoms with Gasteiger partial charge in [-0.05, 0) is 12.0 Å². The number of ether oxygens (including phenoxy) is 1. The third-order valence-electron chi connectivity index (χ3n) is 2.45. The van der Waals surface area contributed by atoms with E-state index in [0.29, 0.717) is 6.42 Å². The molecule has 5 heteroatoms. The number of carboxylic acid groups (broad SMARTS) is 1.